The summed E-state index contributed by atoms with van der Waals surface area (Å²) < 4.78 is 0. The molecule has 15 heavy (non-hydrogen) atoms. The van der Waals surface area contributed by atoms with Crippen LogP contribution >= 0.6 is 23.4 Å². The van der Waals surface area contributed by atoms with Gasteiger partial charge in [0.05, 0.1) is 5.56 Å². The summed E-state index contributed by atoms with van der Waals surface area (Å²) >= 11 is 7.50. The van der Waals surface area contributed by atoms with E-state index in [4.69, 9.17) is 11.6 Å². The molecule has 0 amide bonds. The molecule has 1 aliphatic rings. The maximum atomic E-state index is 11.2. The smallest absolute Gasteiger partial charge is 0.254 e. The molecule has 2 rings (SSSR count). The van der Waals surface area contributed by atoms with Crippen molar-refractivity contribution in [2.45, 2.75) is 0 Å². The van der Waals surface area contributed by atoms with Crippen molar-refractivity contribution in [3.63, 3.8) is 0 Å². The predicted molar refractivity (Wildman–Crippen MR) is 66.2 cm³/mol. The molecule has 1 heterocycles. The van der Waals surface area contributed by atoms with Crippen LogP contribution in [0.3, 0.4) is 0 Å². The van der Waals surface area contributed by atoms with Gasteiger partial charge in [-0.3, -0.25) is 4.79 Å². The first-order valence-corrected chi connectivity index (χ1v) is 6.44. The number of hydrogen-bond donors (Lipinski definition) is 0. The van der Waals surface area contributed by atoms with E-state index in [2.05, 4.69) is 4.90 Å². The van der Waals surface area contributed by atoms with Crippen LogP contribution in [0.1, 0.15) is 10.4 Å². The molecule has 2 nitrogen and oxygen atoms in total. The van der Waals surface area contributed by atoms with Crippen molar-refractivity contribution in [2.75, 3.05) is 29.5 Å². The third kappa shape index (κ3) is 2.47. The van der Waals surface area contributed by atoms with Crippen LogP contribution in [-0.2, 0) is 0 Å². The maximum absolute atomic E-state index is 11.2. The average Bonchev–Trinajstić information content (AvgIpc) is 2.30. The van der Waals surface area contributed by atoms with Gasteiger partial charge in [0.15, 0.2) is 0 Å². The van der Waals surface area contributed by atoms with Crippen LogP contribution in [0.15, 0.2) is 24.3 Å². The fourth-order valence-corrected chi connectivity index (χ4v) is 2.78. The SMILES string of the molecule is O=C(Cl)c1ccccc1N1CCSCC1. The van der Waals surface area contributed by atoms with Crippen LogP contribution < -0.4 is 4.90 Å². The van der Waals surface area contributed by atoms with Crippen molar-refractivity contribution in [3.05, 3.63) is 29.8 Å². The van der Waals surface area contributed by atoms with E-state index in [1.165, 1.54) is 0 Å². The van der Waals surface area contributed by atoms with Gasteiger partial charge < -0.3 is 4.90 Å². The summed E-state index contributed by atoms with van der Waals surface area (Å²) in [5.74, 6) is 2.23. The third-order valence-corrected chi connectivity index (χ3v) is 3.61. The predicted octanol–water partition coefficient (Wildman–Crippen LogP) is 2.62. The molecule has 1 aromatic carbocycles. The minimum absolute atomic E-state index is 0.371. The van der Waals surface area contributed by atoms with E-state index in [1.807, 2.05) is 30.0 Å². The first-order valence-electron chi connectivity index (χ1n) is 4.90. The van der Waals surface area contributed by atoms with Gasteiger partial charge in [0, 0.05) is 30.3 Å². The molecular formula is C11H12ClNOS. The number of rotatable bonds is 2. The molecule has 4 heteroatoms. The normalized spacial score (nSPS) is 16.5. The van der Waals surface area contributed by atoms with Crippen molar-refractivity contribution in [1.29, 1.82) is 0 Å². The third-order valence-electron chi connectivity index (χ3n) is 2.47. The molecule has 0 saturated carbocycles. The molecule has 1 saturated heterocycles. The van der Waals surface area contributed by atoms with Gasteiger partial charge in [-0.25, -0.2) is 0 Å². The highest BCUT2D eigenvalue weighted by molar-refractivity contribution is 7.99. The molecule has 1 fully saturated rings. The molecule has 80 valence electrons. The van der Waals surface area contributed by atoms with Gasteiger partial charge in [0.25, 0.3) is 5.24 Å². The zero-order chi connectivity index (χ0) is 10.7. The summed E-state index contributed by atoms with van der Waals surface area (Å²) in [6.07, 6.45) is 0. The summed E-state index contributed by atoms with van der Waals surface area (Å²) in [5.41, 5.74) is 1.59. The minimum Gasteiger partial charge on any atom is -0.369 e. The van der Waals surface area contributed by atoms with E-state index >= 15 is 0 Å². The number of anilines is 1. The monoisotopic (exact) mass is 241 g/mol. The molecule has 0 radical (unpaired) electrons. The van der Waals surface area contributed by atoms with Gasteiger partial charge in [0.2, 0.25) is 0 Å². The second-order valence-electron chi connectivity index (χ2n) is 3.39. The van der Waals surface area contributed by atoms with Crippen LogP contribution in [0.5, 0.6) is 0 Å². The van der Waals surface area contributed by atoms with Crippen LogP contribution in [0.4, 0.5) is 5.69 Å². The lowest BCUT2D eigenvalue weighted by molar-refractivity contribution is 0.108. The molecule has 0 atom stereocenters. The highest BCUT2D eigenvalue weighted by Gasteiger charge is 2.16. The lowest BCUT2D eigenvalue weighted by Gasteiger charge is -2.29. The molecule has 0 N–H and O–H groups in total. The highest BCUT2D eigenvalue weighted by Crippen LogP contribution is 2.24. The zero-order valence-electron chi connectivity index (χ0n) is 8.28. The second-order valence-corrected chi connectivity index (χ2v) is 4.96. The molecule has 0 spiro atoms. The largest absolute Gasteiger partial charge is 0.369 e. The van der Waals surface area contributed by atoms with Crippen molar-refractivity contribution >= 4 is 34.3 Å². The summed E-state index contributed by atoms with van der Waals surface area (Å²) in [6, 6.07) is 7.54. The van der Waals surface area contributed by atoms with Crippen molar-refractivity contribution in [1.82, 2.24) is 0 Å². The topological polar surface area (TPSA) is 20.3 Å². The number of carbonyl (C=O) groups is 1. The van der Waals surface area contributed by atoms with Gasteiger partial charge in [-0.1, -0.05) is 12.1 Å². The first-order chi connectivity index (χ1) is 7.29. The van der Waals surface area contributed by atoms with Gasteiger partial charge in [-0.2, -0.15) is 11.8 Å². The van der Waals surface area contributed by atoms with Gasteiger partial charge in [-0.05, 0) is 23.7 Å². The summed E-state index contributed by atoms with van der Waals surface area (Å²) in [5, 5.41) is -0.371. The zero-order valence-corrected chi connectivity index (χ0v) is 9.85. The van der Waals surface area contributed by atoms with E-state index in [0.717, 1.165) is 30.3 Å². The first kappa shape index (κ1) is 10.8. The van der Waals surface area contributed by atoms with E-state index in [1.54, 1.807) is 6.07 Å². The summed E-state index contributed by atoms with van der Waals surface area (Å²) in [4.78, 5) is 13.5. The summed E-state index contributed by atoms with van der Waals surface area (Å²) in [7, 11) is 0. The fraction of sp³-hybridized carbons (Fsp3) is 0.364. The Labute approximate surface area is 98.6 Å². The molecule has 0 bridgehead atoms. The Hall–Kier alpha value is -0.670. The number of para-hydroxylation sites is 1. The van der Waals surface area contributed by atoms with E-state index in [-0.39, 0.29) is 5.24 Å². The van der Waals surface area contributed by atoms with Gasteiger partial charge in [0.1, 0.15) is 0 Å². The summed E-state index contributed by atoms with van der Waals surface area (Å²) in [6.45, 7) is 1.98. The number of nitrogens with zero attached hydrogens (tertiary/aromatic N) is 1. The van der Waals surface area contributed by atoms with Crippen molar-refractivity contribution in [2.24, 2.45) is 0 Å². The number of halogens is 1. The quantitative estimate of drug-likeness (QED) is 0.743. The van der Waals surface area contributed by atoms with Crippen molar-refractivity contribution in [3.8, 4) is 0 Å². The van der Waals surface area contributed by atoms with Gasteiger partial charge in [-0.15, -0.1) is 0 Å². The number of benzene rings is 1. The van der Waals surface area contributed by atoms with E-state index in [0.29, 0.717) is 5.56 Å². The Bertz CT molecular complexity index is 363. The average molecular weight is 242 g/mol. The fourth-order valence-electron chi connectivity index (χ4n) is 1.72. The van der Waals surface area contributed by atoms with E-state index < -0.39 is 0 Å². The van der Waals surface area contributed by atoms with Crippen LogP contribution in [0, 0.1) is 0 Å². The van der Waals surface area contributed by atoms with Crippen molar-refractivity contribution < 1.29 is 4.79 Å². The lowest BCUT2D eigenvalue weighted by Crippen LogP contribution is -2.33. The molecule has 1 aromatic rings. The Morgan fingerprint density at radius 3 is 2.60 bits per heavy atom. The molecule has 0 aliphatic carbocycles. The lowest BCUT2D eigenvalue weighted by atomic mass is 10.1. The van der Waals surface area contributed by atoms with E-state index in [9.17, 15) is 4.79 Å². The van der Waals surface area contributed by atoms with Crippen LogP contribution in [0.25, 0.3) is 0 Å². The number of carbonyl (C=O) groups excluding carboxylic acids is 1. The highest BCUT2D eigenvalue weighted by atomic mass is 35.5. The molecule has 0 aromatic heterocycles. The minimum atomic E-state index is -0.371. The Balaban J connectivity index is 2.29. The maximum Gasteiger partial charge on any atom is 0.254 e. The molecule has 1 aliphatic heterocycles. The van der Waals surface area contributed by atoms with Gasteiger partial charge >= 0.3 is 0 Å². The Kier molecular flexibility index (Phi) is 3.54. The van der Waals surface area contributed by atoms with Crippen LogP contribution in [-0.4, -0.2) is 29.8 Å². The second kappa shape index (κ2) is 4.90. The molecular weight excluding hydrogens is 230 g/mol. The molecule has 0 unspecified atom stereocenters. The Morgan fingerprint density at radius 1 is 1.27 bits per heavy atom. The number of thioether (sulfide) groups is 1. The van der Waals surface area contributed by atoms with Crippen LogP contribution in [0.2, 0.25) is 0 Å². The Morgan fingerprint density at radius 2 is 1.93 bits per heavy atom. The standard InChI is InChI=1S/C11H12ClNOS/c12-11(14)9-3-1-2-4-10(9)13-5-7-15-8-6-13/h1-4H,5-8H2. The number of hydrogen-bond acceptors (Lipinski definition) is 3.